The Kier molecular flexibility index (Phi) is 7.14. The second-order valence-electron chi connectivity index (χ2n) is 10.7. The molecule has 0 aliphatic carbocycles. The van der Waals surface area contributed by atoms with Gasteiger partial charge in [0.1, 0.15) is 11.8 Å². The number of carbonyl (C=O) groups excluding carboxylic acids is 1. The lowest BCUT2D eigenvalue weighted by atomic mass is 9.95. The maximum absolute atomic E-state index is 12.7. The molecule has 2 aromatic heterocycles. The van der Waals surface area contributed by atoms with Crippen LogP contribution in [0.2, 0.25) is 0 Å². The number of aromatic nitrogens is 2. The number of nitrogens with zero attached hydrogens (tertiary/aromatic N) is 3. The van der Waals surface area contributed by atoms with E-state index in [0.29, 0.717) is 16.5 Å². The number of aryl methyl sites for hydroxylation is 1. The Morgan fingerprint density at radius 2 is 1.85 bits per heavy atom. The summed E-state index contributed by atoms with van der Waals surface area (Å²) in [4.78, 5) is 19.5. The molecule has 1 amide bonds. The zero-order chi connectivity index (χ0) is 27.7. The fourth-order valence-electron chi connectivity index (χ4n) is 4.82. The predicted molar refractivity (Wildman–Crippen MR) is 160 cm³/mol. The number of amides is 1. The number of anilines is 2. The quantitative estimate of drug-likeness (QED) is 0.278. The van der Waals surface area contributed by atoms with Gasteiger partial charge < -0.3 is 24.8 Å². The zero-order valence-electron chi connectivity index (χ0n) is 22.8. The molecule has 0 radical (unpaired) electrons. The van der Waals surface area contributed by atoms with Crippen molar-refractivity contribution in [2.24, 2.45) is 5.41 Å². The van der Waals surface area contributed by atoms with Crippen molar-refractivity contribution in [1.82, 2.24) is 14.9 Å². The smallest absolute Gasteiger partial charge is 0.229 e. The highest BCUT2D eigenvalue weighted by atomic mass is 32.1. The molecule has 0 saturated carbocycles. The van der Waals surface area contributed by atoms with Gasteiger partial charge in [0.25, 0.3) is 0 Å². The molecule has 39 heavy (non-hydrogen) atoms. The van der Waals surface area contributed by atoms with Crippen LogP contribution in [-0.2, 0) is 4.79 Å². The van der Waals surface area contributed by atoms with Crippen molar-refractivity contribution in [2.75, 3.05) is 17.3 Å². The fraction of sp³-hybridized carbons (Fsp3) is 0.258. The van der Waals surface area contributed by atoms with Crippen molar-refractivity contribution >= 4 is 34.6 Å². The normalized spacial score (nSPS) is 17.2. The molecule has 200 valence electrons. The molecule has 8 heteroatoms. The van der Waals surface area contributed by atoms with Crippen LogP contribution in [-0.4, -0.2) is 27.7 Å². The monoisotopic (exact) mass is 539 g/mol. The Labute approximate surface area is 234 Å². The molecular weight excluding hydrogens is 506 g/mol. The van der Waals surface area contributed by atoms with E-state index in [9.17, 15) is 4.79 Å². The van der Waals surface area contributed by atoms with Gasteiger partial charge in [-0.05, 0) is 73.2 Å². The van der Waals surface area contributed by atoms with Crippen LogP contribution in [0.15, 0.2) is 85.2 Å². The van der Waals surface area contributed by atoms with Gasteiger partial charge in [0, 0.05) is 40.9 Å². The van der Waals surface area contributed by atoms with Gasteiger partial charge in [-0.3, -0.25) is 9.78 Å². The van der Waals surface area contributed by atoms with Gasteiger partial charge in [-0.25, -0.2) is 0 Å². The number of carbonyl (C=O) groups is 1. The standard InChI is InChI=1S/C31H33N5O2S/c1-20-10-8-11-21(18-20)35-17-9-13-25(35)28-27(24-12-6-7-16-32-24)34-30(39)36(28)22-14-15-23(26(19-22)38-5)33-29(37)31(2,3)4/h6-19,27-28H,1-5H3,(H,33,37)(H,34,39). The van der Waals surface area contributed by atoms with Gasteiger partial charge in [0.2, 0.25) is 5.91 Å². The van der Waals surface area contributed by atoms with Crippen molar-refractivity contribution in [3.63, 3.8) is 0 Å². The third kappa shape index (κ3) is 5.25. The van der Waals surface area contributed by atoms with Crippen LogP contribution in [0.4, 0.5) is 11.4 Å². The molecule has 2 N–H and O–H groups in total. The molecule has 1 saturated heterocycles. The predicted octanol–water partition coefficient (Wildman–Crippen LogP) is 6.35. The summed E-state index contributed by atoms with van der Waals surface area (Å²) < 4.78 is 7.92. The molecule has 2 unspecified atom stereocenters. The first-order chi connectivity index (χ1) is 18.7. The highest BCUT2D eigenvalue weighted by Gasteiger charge is 2.42. The fourth-order valence-corrected chi connectivity index (χ4v) is 5.17. The topological polar surface area (TPSA) is 71.4 Å². The van der Waals surface area contributed by atoms with E-state index in [-0.39, 0.29) is 18.0 Å². The van der Waals surface area contributed by atoms with Gasteiger partial charge in [-0.1, -0.05) is 39.0 Å². The summed E-state index contributed by atoms with van der Waals surface area (Å²) >= 11 is 5.93. The van der Waals surface area contributed by atoms with Crippen LogP contribution in [0, 0.1) is 12.3 Å². The molecule has 5 rings (SSSR count). The van der Waals surface area contributed by atoms with E-state index in [1.54, 1.807) is 13.3 Å². The average molecular weight is 540 g/mol. The minimum Gasteiger partial charge on any atom is -0.494 e. The van der Waals surface area contributed by atoms with E-state index >= 15 is 0 Å². The van der Waals surface area contributed by atoms with E-state index < -0.39 is 5.41 Å². The SMILES string of the molecule is COc1cc(N2C(=S)NC(c3ccccn3)C2c2cccn2-c2cccc(C)c2)ccc1NC(=O)C(C)(C)C. The third-order valence-corrected chi connectivity index (χ3v) is 7.17. The first-order valence-corrected chi connectivity index (χ1v) is 13.3. The third-order valence-electron chi connectivity index (χ3n) is 6.85. The number of pyridine rings is 1. The Morgan fingerprint density at radius 3 is 2.54 bits per heavy atom. The lowest BCUT2D eigenvalue weighted by molar-refractivity contribution is -0.123. The number of ether oxygens (including phenoxy) is 1. The molecule has 2 atom stereocenters. The summed E-state index contributed by atoms with van der Waals surface area (Å²) in [6, 6.07) is 23.9. The van der Waals surface area contributed by atoms with Crippen molar-refractivity contribution in [1.29, 1.82) is 0 Å². The van der Waals surface area contributed by atoms with Crippen LogP contribution in [0.3, 0.4) is 0 Å². The molecule has 1 fully saturated rings. The molecule has 0 spiro atoms. The summed E-state index contributed by atoms with van der Waals surface area (Å²) in [7, 11) is 1.60. The first kappa shape index (κ1) is 26.4. The van der Waals surface area contributed by atoms with Gasteiger partial charge >= 0.3 is 0 Å². The van der Waals surface area contributed by atoms with Crippen LogP contribution < -0.4 is 20.3 Å². The van der Waals surface area contributed by atoms with Gasteiger partial charge in [0.05, 0.1) is 24.5 Å². The number of nitrogens with one attached hydrogen (secondary N) is 2. The Bertz CT molecular complexity index is 1510. The second-order valence-corrected chi connectivity index (χ2v) is 11.1. The summed E-state index contributed by atoms with van der Waals surface area (Å²) in [5.41, 5.74) is 5.14. The Hall–Kier alpha value is -4.17. The second kappa shape index (κ2) is 10.5. The highest BCUT2D eigenvalue weighted by molar-refractivity contribution is 7.80. The minimum absolute atomic E-state index is 0.0871. The number of benzene rings is 2. The van der Waals surface area contributed by atoms with E-state index in [2.05, 4.69) is 74.6 Å². The maximum atomic E-state index is 12.7. The van der Waals surface area contributed by atoms with E-state index in [1.165, 1.54) is 5.56 Å². The molecular formula is C31H33N5O2S. The molecule has 2 aromatic carbocycles. The molecule has 0 bridgehead atoms. The van der Waals surface area contributed by atoms with Crippen LogP contribution in [0.1, 0.15) is 49.8 Å². The van der Waals surface area contributed by atoms with E-state index in [4.69, 9.17) is 17.0 Å². The van der Waals surface area contributed by atoms with Crippen LogP contribution >= 0.6 is 12.2 Å². The number of methoxy groups -OCH3 is 1. The van der Waals surface area contributed by atoms with Crippen molar-refractivity contribution in [3.8, 4) is 11.4 Å². The summed E-state index contributed by atoms with van der Waals surface area (Å²) in [5.74, 6) is 0.470. The van der Waals surface area contributed by atoms with Crippen LogP contribution in [0.25, 0.3) is 5.69 Å². The van der Waals surface area contributed by atoms with Crippen LogP contribution in [0.5, 0.6) is 5.75 Å². The average Bonchev–Trinajstić information content (AvgIpc) is 3.53. The minimum atomic E-state index is -0.535. The number of thiocarbonyl (C=S) groups is 1. The van der Waals surface area contributed by atoms with Crippen molar-refractivity contribution < 1.29 is 9.53 Å². The number of hydrogen-bond donors (Lipinski definition) is 2. The Balaban J connectivity index is 1.61. The molecule has 3 heterocycles. The summed E-state index contributed by atoms with van der Waals surface area (Å²) in [6.07, 6.45) is 3.87. The van der Waals surface area contributed by atoms with Crippen molar-refractivity contribution in [3.05, 3.63) is 102 Å². The number of rotatable bonds is 6. The van der Waals surface area contributed by atoms with Gasteiger partial charge in [-0.2, -0.15) is 0 Å². The van der Waals surface area contributed by atoms with E-state index in [0.717, 1.165) is 22.8 Å². The molecule has 4 aromatic rings. The van der Waals surface area contributed by atoms with Gasteiger partial charge in [-0.15, -0.1) is 0 Å². The lowest BCUT2D eigenvalue weighted by Gasteiger charge is -2.29. The lowest BCUT2D eigenvalue weighted by Crippen LogP contribution is -2.30. The molecule has 1 aliphatic rings. The first-order valence-electron chi connectivity index (χ1n) is 12.9. The highest BCUT2D eigenvalue weighted by Crippen LogP contribution is 2.44. The maximum Gasteiger partial charge on any atom is 0.229 e. The number of hydrogen-bond acceptors (Lipinski definition) is 4. The molecule has 1 aliphatic heterocycles. The van der Waals surface area contributed by atoms with E-state index in [1.807, 2.05) is 57.2 Å². The summed E-state index contributed by atoms with van der Waals surface area (Å²) in [6.45, 7) is 7.73. The van der Waals surface area contributed by atoms with Gasteiger partial charge in [0.15, 0.2) is 5.11 Å². The largest absolute Gasteiger partial charge is 0.494 e. The Morgan fingerprint density at radius 1 is 1.03 bits per heavy atom. The zero-order valence-corrected chi connectivity index (χ0v) is 23.6. The molecule has 7 nitrogen and oxygen atoms in total. The summed E-state index contributed by atoms with van der Waals surface area (Å²) in [5, 5.41) is 7.10. The van der Waals surface area contributed by atoms with Crippen molar-refractivity contribution in [2.45, 2.75) is 39.8 Å².